The Morgan fingerprint density at radius 1 is 1.33 bits per heavy atom. The van der Waals surface area contributed by atoms with Gasteiger partial charge < -0.3 is 10.1 Å². The molecule has 0 spiro atoms. The lowest BCUT2D eigenvalue weighted by Gasteiger charge is -2.30. The second-order valence-electron chi connectivity index (χ2n) is 5.40. The van der Waals surface area contributed by atoms with Crippen molar-refractivity contribution in [1.29, 1.82) is 0 Å². The van der Waals surface area contributed by atoms with Crippen LogP contribution in [0.1, 0.15) is 24.5 Å². The van der Waals surface area contributed by atoms with Crippen LogP contribution in [0.15, 0.2) is 18.2 Å². The second-order valence-corrected chi connectivity index (χ2v) is 5.40. The van der Waals surface area contributed by atoms with Gasteiger partial charge in [-0.1, -0.05) is 18.2 Å². The van der Waals surface area contributed by atoms with Crippen LogP contribution in [-0.4, -0.2) is 37.2 Å². The largest absolute Gasteiger partial charge is 0.490 e. The molecule has 0 aromatic heterocycles. The van der Waals surface area contributed by atoms with Crippen molar-refractivity contribution in [2.24, 2.45) is 0 Å². The van der Waals surface area contributed by atoms with E-state index in [1.54, 1.807) is 0 Å². The minimum Gasteiger partial charge on any atom is -0.490 e. The maximum atomic E-state index is 6.06. The van der Waals surface area contributed by atoms with Gasteiger partial charge in [0.15, 0.2) is 0 Å². The van der Waals surface area contributed by atoms with E-state index in [0.29, 0.717) is 6.10 Å². The molecule has 1 aromatic carbocycles. The number of ether oxygens (including phenoxy) is 1. The Kier molecular flexibility index (Phi) is 3.52. The molecule has 1 N–H and O–H groups in total. The molecule has 3 rings (SSSR count). The van der Waals surface area contributed by atoms with E-state index in [1.165, 1.54) is 11.1 Å². The third kappa shape index (κ3) is 2.52. The molecule has 18 heavy (non-hydrogen) atoms. The zero-order valence-corrected chi connectivity index (χ0v) is 11.1. The number of benzene rings is 1. The number of hydrogen-bond acceptors (Lipinski definition) is 3. The summed E-state index contributed by atoms with van der Waals surface area (Å²) in [6, 6.07) is 6.61. The van der Waals surface area contributed by atoms with Gasteiger partial charge in [0.05, 0.1) is 6.10 Å². The Morgan fingerprint density at radius 3 is 3.00 bits per heavy atom. The maximum Gasteiger partial charge on any atom is 0.127 e. The number of rotatable bonds is 2. The molecule has 1 atom stereocenters. The van der Waals surface area contributed by atoms with E-state index in [9.17, 15) is 0 Å². The second kappa shape index (κ2) is 5.29. The van der Waals surface area contributed by atoms with Crippen LogP contribution in [0.25, 0.3) is 0 Å². The van der Waals surface area contributed by atoms with Crippen molar-refractivity contribution in [2.75, 3.05) is 26.2 Å². The normalized spacial score (nSPS) is 24.4. The molecule has 1 aromatic rings. The van der Waals surface area contributed by atoms with Crippen molar-refractivity contribution in [3.8, 4) is 5.75 Å². The molecule has 98 valence electrons. The van der Waals surface area contributed by atoms with Crippen molar-refractivity contribution in [2.45, 2.75) is 32.4 Å². The Bertz CT molecular complexity index is 413. The van der Waals surface area contributed by atoms with Crippen LogP contribution in [0.5, 0.6) is 5.75 Å². The lowest BCUT2D eigenvalue weighted by molar-refractivity contribution is 0.182. The summed E-state index contributed by atoms with van der Waals surface area (Å²) in [7, 11) is 0. The van der Waals surface area contributed by atoms with E-state index in [1.807, 2.05) is 0 Å². The average Bonchev–Trinajstić information content (AvgIpc) is 2.41. The van der Waals surface area contributed by atoms with Gasteiger partial charge in [-0.15, -0.1) is 0 Å². The molecule has 0 bridgehead atoms. The van der Waals surface area contributed by atoms with E-state index >= 15 is 0 Å². The van der Waals surface area contributed by atoms with Crippen molar-refractivity contribution in [1.82, 2.24) is 10.2 Å². The molecule has 1 saturated heterocycles. The Balaban J connectivity index is 1.79. The van der Waals surface area contributed by atoms with E-state index in [0.717, 1.165) is 51.3 Å². The zero-order chi connectivity index (χ0) is 12.4. The number of piperazine rings is 1. The first-order valence-corrected chi connectivity index (χ1v) is 7.03. The molecule has 3 nitrogen and oxygen atoms in total. The van der Waals surface area contributed by atoms with Crippen LogP contribution in [0.2, 0.25) is 0 Å². The third-order valence-corrected chi connectivity index (χ3v) is 3.92. The van der Waals surface area contributed by atoms with E-state index < -0.39 is 0 Å². The highest BCUT2D eigenvalue weighted by atomic mass is 16.5. The summed E-state index contributed by atoms with van der Waals surface area (Å²) in [6.07, 6.45) is 2.66. The lowest BCUT2D eigenvalue weighted by atomic mass is 9.99. The smallest absolute Gasteiger partial charge is 0.127 e. The van der Waals surface area contributed by atoms with Gasteiger partial charge in [-0.25, -0.2) is 0 Å². The van der Waals surface area contributed by atoms with Crippen LogP contribution in [0.3, 0.4) is 0 Å². The third-order valence-electron chi connectivity index (χ3n) is 3.92. The first-order valence-electron chi connectivity index (χ1n) is 7.03. The molecule has 2 aliphatic heterocycles. The molecule has 0 saturated carbocycles. The molecule has 0 amide bonds. The minimum atomic E-state index is 0.363. The van der Waals surface area contributed by atoms with Crippen molar-refractivity contribution in [3.63, 3.8) is 0 Å². The van der Waals surface area contributed by atoms with Gasteiger partial charge in [-0.3, -0.25) is 4.90 Å². The number of nitrogens with zero attached hydrogens (tertiary/aromatic N) is 1. The summed E-state index contributed by atoms with van der Waals surface area (Å²) < 4.78 is 6.06. The van der Waals surface area contributed by atoms with Gasteiger partial charge >= 0.3 is 0 Å². The monoisotopic (exact) mass is 246 g/mol. The molecule has 0 radical (unpaired) electrons. The quantitative estimate of drug-likeness (QED) is 0.861. The van der Waals surface area contributed by atoms with Crippen molar-refractivity contribution < 1.29 is 4.74 Å². The average molecular weight is 246 g/mol. The van der Waals surface area contributed by atoms with Crippen molar-refractivity contribution in [3.05, 3.63) is 29.3 Å². The standard InChI is InChI=1S/C15H22N2O/c1-12-5-6-13-3-2-4-14(15(13)18-12)11-17-9-7-16-8-10-17/h2-4,12,16H,5-11H2,1H3. The number of nitrogens with one attached hydrogen (secondary N) is 1. The van der Waals surface area contributed by atoms with Gasteiger partial charge in [-0.2, -0.15) is 0 Å². The summed E-state index contributed by atoms with van der Waals surface area (Å²) in [5.74, 6) is 1.16. The van der Waals surface area contributed by atoms with Crippen LogP contribution in [0.4, 0.5) is 0 Å². The van der Waals surface area contributed by atoms with Crippen LogP contribution in [0, 0.1) is 0 Å². The summed E-state index contributed by atoms with van der Waals surface area (Å²) in [4.78, 5) is 2.51. The maximum absolute atomic E-state index is 6.06. The van der Waals surface area contributed by atoms with Gasteiger partial charge in [0.2, 0.25) is 0 Å². The van der Waals surface area contributed by atoms with Crippen LogP contribution < -0.4 is 10.1 Å². The fourth-order valence-corrected chi connectivity index (χ4v) is 2.84. The highest BCUT2D eigenvalue weighted by Crippen LogP contribution is 2.32. The predicted molar refractivity (Wildman–Crippen MR) is 73.0 cm³/mol. The minimum absolute atomic E-state index is 0.363. The van der Waals surface area contributed by atoms with Gasteiger partial charge in [-0.05, 0) is 25.3 Å². The first kappa shape index (κ1) is 12.0. The summed E-state index contributed by atoms with van der Waals surface area (Å²) in [5.41, 5.74) is 2.75. The molecule has 2 aliphatic rings. The topological polar surface area (TPSA) is 24.5 Å². The Hall–Kier alpha value is -1.06. The summed E-state index contributed by atoms with van der Waals surface area (Å²) in [6.45, 7) is 7.68. The fraction of sp³-hybridized carbons (Fsp3) is 0.600. The molecule has 1 unspecified atom stereocenters. The predicted octanol–water partition coefficient (Wildman–Crippen LogP) is 1.81. The number of fused-ring (bicyclic) bond motifs is 1. The highest BCUT2D eigenvalue weighted by molar-refractivity contribution is 5.43. The van der Waals surface area contributed by atoms with E-state index in [2.05, 4.69) is 35.3 Å². The summed E-state index contributed by atoms with van der Waals surface area (Å²) in [5, 5.41) is 3.40. The van der Waals surface area contributed by atoms with Gasteiger partial charge in [0, 0.05) is 38.3 Å². The first-order chi connectivity index (χ1) is 8.83. The van der Waals surface area contributed by atoms with Crippen LogP contribution >= 0.6 is 0 Å². The fourth-order valence-electron chi connectivity index (χ4n) is 2.84. The lowest BCUT2D eigenvalue weighted by Crippen LogP contribution is -2.43. The molecule has 3 heteroatoms. The zero-order valence-electron chi connectivity index (χ0n) is 11.1. The van der Waals surface area contributed by atoms with E-state index in [4.69, 9.17) is 4.74 Å². The molecule has 1 fully saturated rings. The molecular formula is C15H22N2O. The molecular weight excluding hydrogens is 224 g/mol. The van der Waals surface area contributed by atoms with Crippen molar-refractivity contribution >= 4 is 0 Å². The van der Waals surface area contributed by atoms with Crippen LogP contribution in [-0.2, 0) is 13.0 Å². The number of aryl methyl sites for hydroxylation is 1. The van der Waals surface area contributed by atoms with Gasteiger partial charge in [0.25, 0.3) is 0 Å². The van der Waals surface area contributed by atoms with E-state index in [-0.39, 0.29) is 0 Å². The Labute approximate surface area is 109 Å². The summed E-state index contributed by atoms with van der Waals surface area (Å²) >= 11 is 0. The highest BCUT2D eigenvalue weighted by Gasteiger charge is 2.20. The number of para-hydroxylation sites is 1. The SMILES string of the molecule is CC1CCc2cccc(CN3CCNCC3)c2O1. The number of hydrogen-bond donors (Lipinski definition) is 1. The molecule has 0 aliphatic carbocycles. The molecule has 2 heterocycles. The van der Waals surface area contributed by atoms with Gasteiger partial charge in [0.1, 0.15) is 5.75 Å². The Morgan fingerprint density at radius 2 is 2.17 bits per heavy atom.